The summed E-state index contributed by atoms with van der Waals surface area (Å²) in [5.41, 5.74) is 0.485. The van der Waals surface area contributed by atoms with Gasteiger partial charge in [0.1, 0.15) is 0 Å². The molecule has 7 heteroatoms. The Labute approximate surface area is 151 Å². The quantitative estimate of drug-likeness (QED) is 0.815. The van der Waals surface area contributed by atoms with Crippen LogP contribution in [0.25, 0.3) is 0 Å². The fourth-order valence-electron chi connectivity index (χ4n) is 4.74. The topological polar surface area (TPSA) is 68.3 Å². The summed E-state index contributed by atoms with van der Waals surface area (Å²) in [6.07, 6.45) is 3.04. The van der Waals surface area contributed by atoms with Crippen molar-refractivity contribution >= 4 is 11.8 Å². The number of fused-ring (bicyclic) bond motifs is 1. The minimum Gasteiger partial charge on any atom is -0.454 e. The van der Waals surface area contributed by atoms with E-state index in [0.29, 0.717) is 32.4 Å². The minimum atomic E-state index is -0.566. The lowest BCUT2D eigenvalue weighted by atomic mass is 10.0. The van der Waals surface area contributed by atoms with Crippen LogP contribution in [0, 0.1) is 0 Å². The van der Waals surface area contributed by atoms with Crippen LogP contribution < -0.4 is 9.47 Å². The molecule has 4 aliphatic rings. The summed E-state index contributed by atoms with van der Waals surface area (Å²) in [7, 11) is 0. The van der Waals surface area contributed by atoms with Crippen LogP contribution >= 0.6 is 0 Å². The molecule has 3 fully saturated rings. The normalized spacial score (nSPS) is 29.1. The molecule has 1 spiro atoms. The van der Waals surface area contributed by atoms with Gasteiger partial charge < -0.3 is 24.0 Å². The Balaban J connectivity index is 1.27. The third-order valence-electron chi connectivity index (χ3n) is 6.00. The maximum absolute atomic E-state index is 12.9. The Morgan fingerprint density at radius 2 is 2.12 bits per heavy atom. The highest BCUT2D eigenvalue weighted by molar-refractivity contribution is 5.84. The highest BCUT2D eigenvalue weighted by atomic mass is 16.7. The van der Waals surface area contributed by atoms with E-state index in [2.05, 4.69) is 0 Å². The largest absolute Gasteiger partial charge is 0.454 e. The first-order valence-corrected chi connectivity index (χ1v) is 9.30. The van der Waals surface area contributed by atoms with Crippen molar-refractivity contribution in [2.75, 3.05) is 26.5 Å². The van der Waals surface area contributed by atoms with Gasteiger partial charge in [0, 0.05) is 25.9 Å². The van der Waals surface area contributed by atoms with E-state index in [9.17, 15) is 9.59 Å². The molecule has 2 atom stereocenters. The lowest BCUT2D eigenvalue weighted by Crippen LogP contribution is -2.56. The van der Waals surface area contributed by atoms with Gasteiger partial charge in [-0.2, -0.15) is 0 Å². The molecule has 0 aliphatic carbocycles. The molecule has 4 aliphatic heterocycles. The highest BCUT2D eigenvalue weighted by Gasteiger charge is 2.61. The number of carbonyl (C=O) groups excluding carboxylic acids is 2. The average Bonchev–Trinajstić information content (AvgIpc) is 3.32. The predicted molar refractivity (Wildman–Crippen MR) is 90.6 cm³/mol. The SMILES string of the molecule is O=C(CCc1ccc2c(c1)OCO2)N1CC[C@@]23OCCCN2C(=O)C[C@@H]13. The third kappa shape index (κ3) is 2.30. The summed E-state index contributed by atoms with van der Waals surface area (Å²) in [4.78, 5) is 29.0. The first kappa shape index (κ1) is 15.9. The average molecular weight is 358 g/mol. The van der Waals surface area contributed by atoms with Crippen molar-refractivity contribution in [3.63, 3.8) is 0 Å². The van der Waals surface area contributed by atoms with Crippen molar-refractivity contribution in [3.8, 4) is 11.5 Å². The molecule has 0 N–H and O–H groups in total. The Bertz CT molecular complexity index is 766. The molecule has 2 amide bonds. The van der Waals surface area contributed by atoms with Crippen molar-refractivity contribution in [1.82, 2.24) is 9.80 Å². The summed E-state index contributed by atoms with van der Waals surface area (Å²) < 4.78 is 16.8. The van der Waals surface area contributed by atoms with Crippen molar-refractivity contribution in [2.45, 2.75) is 43.9 Å². The van der Waals surface area contributed by atoms with E-state index in [4.69, 9.17) is 14.2 Å². The van der Waals surface area contributed by atoms with E-state index in [1.165, 1.54) is 0 Å². The van der Waals surface area contributed by atoms with Gasteiger partial charge in [-0.3, -0.25) is 9.59 Å². The second-order valence-electron chi connectivity index (χ2n) is 7.34. The van der Waals surface area contributed by atoms with Crippen LogP contribution in [0.4, 0.5) is 0 Å². The van der Waals surface area contributed by atoms with Gasteiger partial charge in [0.15, 0.2) is 17.2 Å². The molecule has 0 aromatic heterocycles. The number of rotatable bonds is 3. The smallest absolute Gasteiger partial charge is 0.231 e. The molecule has 1 aromatic carbocycles. The standard InChI is InChI=1S/C19H22N2O5/c22-17(5-3-13-2-4-14-15(10-13)25-12-24-14)20-8-6-19-16(20)11-18(23)21(19)7-1-9-26-19/h2,4,10,16H,1,3,5-9,11-12H2/t16-,19+/m1/s1. The Kier molecular flexibility index (Phi) is 3.60. The van der Waals surface area contributed by atoms with Crippen LogP contribution in [0.3, 0.4) is 0 Å². The number of ether oxygens (including phenoxy) is 3. The molecule has 26 heavy (non-hydrogen) atoms. The van der Waals surface area contributed by atoms with Crippen LogP contribution in [0.2, 0.25) is 0 Å². The number of hydrogen-bond donors (Lipinski definition) is 0. The van der Waals surface area contributed by atoms with Crippen molar-refractivity contribution in [1.29, 1.82) is 0 Å². The van der Waals surface area contributed by atoms with E-state index >= 15 is 0 Å². The number of likely N-dealkylation sites (tertiary alicyclic amines) is 1. The van der Waals surface area contributed by atoms with Gasteiger partial charge >= 0.3 is 0 Å². The Hall–Kier alpha value is -2.28. The molecule has 4 heterocycles. The van der Waals surface area contributed by atoms with Gasteiger partial charge in [-0.15, -0.1) is 0 Å². The summed E-state index contributed by atoms with van der Waals surface area (Å²) in [6, 6.07) is 5.65. The zero-order valence-electron chi connectivity index (χ0n) is 14.6. The number of hydrogen-bond acceptors (Lipinski definition) is 5. The van der Waals surface area contributed by atoms with E-state index in [-0.39, 0.29) is 24.6 Å². The molecule has 1 aromatic rings. The van der Waals surface area contributed by atoms with Gasteiger partial charge in [-0.05, 0) is 30.5 Å². The van der Waals surface area contributed by atoms with Gasteiger partial charge in [0.05, 0.1) is 19.1 Å². The summed E-state index contributed by atoms with van der Waals surface area (Å²) >= 11 is 0. The van der Waals surface area contributed by atoms with E-state index in [1.807, 2.05) is 28.0 Å². The number of aryl methyl sites for hydroxylation is 1. The Morgan fingerprint density at radius 1 is 1.23 bits per heavy atom. The zero-order valence-corrected chi connectivity index (χ0v) is 14.6. The van der Waals surface area contributed by atoms with Crippen LogP contribution in [-0.2, 0) is 20.7 Å². The maximum Gasteiger partial charge on any atom is 0.231 e. The van der Waals surface area contributed by atoms with Crippen LogP contribution in [0.15, 0.2) is 18.2 Å². The van der Waals surface area contributed by atoms with Crippen molar-refractivity contribution < 1.29 is 23.8 Å². The monoisotopic (exact) mass is 358 g/mol. The number of carbonyl (C=O) groups is 2. The summed E-state index contributed by atoms with van der Waals surface area (Å²) in [5, 5.41) is 0. The third-order valence-corrected chi connectivity index (χ3v) is 6.00. The van der Waals surface area contributed by atoms with Gasteiger partial charge in [-0.1, -0.05) is 6.07 Å². The molecular weight excluding hydrogens is 336 g/mol. The van der Waals surface area contributed by atoms with Gasteiger partial charge in [-0.25, -0.2) is 0 Å². The van der Waals surface area contributed by atoms with Crippen LogP contribution in [-0.4, -0.2) is 59.9 Å². The first-order chi connectivity index (χ1) is 12.7. The molecule has 0 radical (unpaired) electrons. The summed E-state index contributed by atoms with van der Waals surface area (Å²) in [5.74, 6) is 1.69. The van der Waals surface area contributed by atoms with Gasteiger partial charge in [0.2, 0.25) is 18.6 Å². The Morgan fingerprint density at radius 3 is 3.04 bits per heavy atom. The molecule has 7 nitrogen and oxygen atoms in total. The molecule has 0 unspecified atom stereocenters. The molecule has 5 rings (SSSR count). The second kappa shape index (κ2) is 5.87. The summed E-state index contributed by atoms with van der Waals surface area (Å²) in [6.45, 7) is 2.32. The van der Waals surface area contributed by atoms with Crippen LogP contribution in [0.5, 0.6) is 11.5 Å². The highest BCUT2D eigenvalue weighted by Crippen LogP contribution is 2.45. The van der Waals surface area contributed by atoms with E-state index in [1.54, 1.807) is 0 Å². The predicted octanol–water partition coefficient (Wildman–Crippen LogP) is 1.30. The second-order valence-corrected chi connectivity index (χ2v) is 7.34. The lowest BCUT2D eigenvalue weighted by Gasteiger charge is -2.42. The zero-order chi connectivity index (χ0) is 17.7. The molecular formula is C19H22N2O5. The fourth-order valence-corrected chi connectivity index (χ4v) is 4.74. The molecule has 3 saturated heterocycles. The molecule has 0 bridgehead atoms. The lowest BCUT2D eigenvalue weighted by molar-refractivity contribution is -0.181. The van der Waals surface area contributed by atoms with Crippen LogP contribution in [0.1, 0.15) is 31.2 Å². The number of amides is 2. The minimum absolute atomic E-state index is 0.0911. The van der Waals surface area contributed by atoms with Gasteiger partial charge in [0.25, 0.3) is 0 Å². The first-order valence-electron chi connectivity index (χ1n) is 9.30. The fraction of sp³-hybridized carbons (Fsp3) is 0.579. The molecule has 0 saturated carbocycles. The van der Waals surface area contributed by atoms with E-state index in [0.717, 1.165) is 36.4 Å². The van der Waals surface area contributed by atoms with Crippen molar-refractivity contribution in [3.05, 3.63) is 23.8 Å². The van der Waals surface area contributed by atoms with Crippen molar-refractivity contribution in [2.24, 2.45) is 0 Å². The number of benzene rings is 1. The van der Waals surface area contributed by atoms with E-state index < -0.39 is 5.72 Å². The number of nitrogens with zero attached hydrogens (tertiary/aromatic N) is 2. The molecule has 138 valence electrons. The maximum atomic E-state index is 12.9.